The summed E-state index contributed by atoms with van der Waals surface area (Å²) in [4.78, 5) is 22.3. The third kappa shape index (κ3) is 5.53. The molecule has 14 heavy (non-hydrogen) atoms. The van der Waals surface area contributed by atoms with Gasteiger partial charge in [-0.3, -0.25) is 9.59 Å². The molecule has 0 saturated heterocycles. The predicted molar refractivity (Wildman–Crippen MR) is 54.8 cm³/mol. The fourth-order valence-electron chi connectivity index (χ4n) is 0.958. The van der Waals surface area contributed by atoms with Crippen LogP contribution in [0.4, 0.5) is 0 Å². The quantitative estimate of drug-likeness (QED) is 0.487. The third-order valence-electron chi connectivity index (χ3n) is 1.89. The second-order valence-corrected chi connectivity index (χ2v) is 3.17. The van der Waals surface area contributed by atoms with Crippen LogP contribution in [0, 0.1) is 5.92 Å². The number of rotatable bonds is 6. The van der Waals surface area contributed by atoms with Crippen molar-refractivity contribution >= 4 is 11.8 Å². The van der Waals surface area contributed by atoms with Gasteiger partial charge in [-0.15, -0.1) is 0 Å². The minimum Gasteiger partial charge on any atom is -0.359 e. The van der Waals surface area contributed by atoms with Gasteiger partial charge in [-0.25, -0.2) is 0 Å². The number of hydrogen-bond acceptors (Lipinski definition) is 3. The number of likely N-dealkylation sites (N-methyl/N-ethyl adjacent to an activating group) is 1. The van der Waals surface area contributed by atoms with Gasteiger partial charge in [0.25, 0.3) is 0 Å². The van der Waals surface area contributed by atoms with Crippen LogP contribution in [0.1, 0.15) is 13.3 Å². The fourth-order valence-corrected chi connectivity index (χ4v) is 0.958. The molecule has 0 aromatic heterocycles. The van der Waals surface area contributed by atoms with Crippen molar-refractivity contribution in [3.05, 3.63) is 0 Å². The van der Waals surface area contributed by atoms with E-state index < -0.39 is 0 Å². The molecule has 0 heterocycles. The van der Waals surface area contributed by atoms with E-state index in [1.807, 2.05) is 7.05 Å². The smallest absolute Gasteiger partial charge is 0.223 e. The van der Waals surface area contributed by atoms with Crippen LogP contribution in [-0.2, 0) is 9.59 Å². The average molecular weight is 201 g/mol. The van der Waals surface area contributed by atoms with E-state index in [1.165, 1.54) is 0 Å². The van der Waals surface area contributed by atoms with Crippen molar-refractivity contribution in [3.63, 3.8) is 0 Å². The Morgan fingerprint density at radius 1 is 1.21 bits per heavy atom. The predicted octanol–water partition coefficient (Wildman–Crippen LogP) is -0.906. The topological polar surface area (TPSA) is 70.2 Å². The van der Waals surface area contributed by atoms with E-state index in [-0.39, 0.29) is 24.2 Å². The van der Waals surface area contributed by atoms with Gasteiger partial charge in [-0.1, -0.05) is 6.92 Å². The van der Waals surface area contributed by atoms with Gasteiger partial charge < -0.3 is 16.0 Å². The number of carbonyl (C=O) groups is 2. The lowest BCUT2D eigenvalue weighted by Crippen LogP contribution is -2.36. The summed E-state index contributed by atoms with van der Waals surface area (Å²) in [6.07, 6.45) is 0.238. The van der Waals surface area contributed by atoms with Crippen LogP contribution < -0.4 is 16.0 Å². The number of carbonyl (C=O) groups excluding carboxylic acids is 2. The Labute approximate surface area is 84.6 Å². The second-order valence-electron chi connectivity index (χ2n) is 3.17. The molecule has 0 spiro atoms. The Hall–Kier alpha value is -1.10. The van der Waals surface area contributed by atoms with Gasteiger partial charge in [-0.05, 0) is 7.05 Å². The van der Waals surface area contributed by atoms with Gasteiger partial charge >= 0.3 is 0 Å². The maximum absolute atomic E-state index is 11.4. The van der Waals surface area contributed by atoms with Crippen molar-refractivity contribution in [3.8, 4) is 0 Å². The van der Waals surface area contributed by atoms with E-state index in [4.69, 9.17) is 0 Å². The Morgan fingerprint density at radius 3 is 2.36 bits per heavy atom. The van der Waals surface area contributed by atoms with Crippen molar-refractivity contribution in [1.29, 1.82) is 0 Å². The van der Waals surface area contributed by atoms with E-state index in [9.17, 15) is 9.59 Å². The fraction of sp³-hybridized carbons (Fsp3) is 0.778. The Morgan fingerprint density at radius 2 is 1.86 bits per heavy atom. The van der Waals surface area contributed by atoms with Crippen LogP contribution in [0.3, 0.4) is 0 Å². The van der Waals surface area contributed by atoms with Gasteiger partial charge in [0.2, 0.25) is 11.8 Å². The molecule has 2 amide bonds. The molecule has 1 atom stereocenters. The van der Waals surface area contributed by atoms with Crippen LogP contribution in [0.25, 0.3) is 0 Å². The molecule has 0 fully saturated rings. The summed E-state index contributed by atoms with van der Waals surface area (Å²) >= 11 is 0. The molecule has 0 bridgehead atoms. The van der Waals surface area contributed by atoms with Gasteiger partial charge in [-0.2, -0.15) is 0 Å². The van der Waals surface area contributed by atoms with Gasteiger partial charge in [0.15, 0.2) is 0 Å². The third-order valence-corrected chi connectivity index (χ3v) is 1.89. The van der Waals surface area contributed by atoms with Crippen molar-refractivity contribution in [2.24, 2.45) is 5.92 Å². The van der Waals surface area contributed by atoms with E-state index in [0.717, 1.165) is 6.54 Å². The minimum absolute atomic E-state index is 0.0798. The first-order valence-electron chi connectivity index (χ1n) is 4.74. The lowest BCUT2D eigenvalue weighted by Gasteiger charge is -2.10. The van der Waals surface area contributed by atoms with Crippen molar-refractivity contribution < 1.29 is 9.59 Å². The summed E-state index contributed by atoms with van der Waals surface area (Å²) < 4.78 is 0. The van der Waals surface area contributed by atoms with Crippen LogP contribution in [0.2, 0.25) is 0 Å². The Bertz CT molecular complexity index is 194. The van der Waals surface area contributed by atoms with E-state index in [0.29, 0.717) is 6.54 Å². The molecule has 5 nitrogen and oxygen atoms in total. The lowest BCUT2D eigenvalue weighted by atomic mass is 10.1. The van der Waals surface area contributed by atoms with E-state index in [2.05, 4.69) is 16.0 Å². The summed E-state index contributed by atoms with van der Waals surface area (Å²) in [5, 5.41) is 8.14. The summed E-state index contributed by atoms with van der Waals surface area (Å²) in [6.45, 7) is 3.07. The number of amides is 2. The molecule has 0 rings (SSSR count). The van der Waals surface area contributed by atoms with Gasteiger partial charge in [0, 0.05) is 32.5 Å². The summed E-state index contributed by atoms with van der Waals surface area (Å²) in [6, 6.07) is 0. The highest BCUT2D eigenvalue weighted by molar-refractivity contribution is 5.85. The van der Waals surface area contributed by atoms with Gasteiger partial charge in [0.1, 0.15) is 0 Å². The minimum atomic E-state index is -0.271. The highest BCUT2D eigenvalue weighted by Crippen LogP contribution is 2.00. The van der Waals surface area contributed by atoms with Crippen LogP contribution in [0.5, 0.6) is 0 Å². The summed E-state index contributed by atoms with van der Waals surface area (Å²) in [7, 11) is 3.38. The highest BCUT2D eigenvalue weighted by Gasteiger charge is 2.15. The van der Waals surface area contributed by atoms with E-state index in [1.54, 1.807) is 14.0 Å². The average Bonchev–Trinajstić information content (AvgIpc) is 2.17. The molecule has 0 radical (unpaired) electrons. The zero-order valence-corrected chi connectivity index (χ0v) is 9.02. The SMILES string of the molecule is CNCCNC(=O)C(C)CC(=O)NC. The maximum atomic E-state index is 11.4. The first kappa shape index (κ1) is 12.9. The Kier molecular flexibility index (Phi) is 6.74. The van der Waals surface area contributed by atoms with Crippen LogP contribution in [-0.4, -0.2) is 39.0 Å². The molecule has 0 aliphatic rings. The number of hydrogen-bond donors (Lipinski definition) is 3. The van der Waals surface area contributed by atoms with Crippen LogP contribution in [0.15, 0.2) is 0 Å². The summed E-state index contributed by atoms with van der Waals surface area (Å²) in [5.41, 5.74) is 0. The number of nitrogens with one attached hydrogen (secondary N) is 3. The molecular weight excluding hydrogens is 182 g/mol. The molecule has 3 N–H and O–H groups in total. The van der Waals surface area contributed by atoms with Crippen molar-refractivity contribution in [1.82, 2.24) is 16.0 Å². The molecule has 5 heteroatoms. The van der Waals surface area contributed by atoms with Crippen molar-refractivity contribution in [2.75, 3.05) is 27.2 Å². The first-order valence-corrected chi connectivity index (χ1v) is 4.74. The van der Waals surface area contributed by atoms with Crippen molar-refractivity contribution in [2.45, 2.75) is 13.3 Å². The second kappa shape index (κ2) is 7.32. The van der Waals surface area contributed by atoms with Gasteiger partial charge in [0.05, 0.1) is 0 Å². The zero-order chi connectivity index (χ0) is 11.0. The molecule has 82 valence electrons. The molecule has 0 aliphatic heterocycles. The molecule has 0 aromatic carbocycles. The standard InChI is InChI=1S/C9H19N3O2/c1-7(6-8(13)11-3)9(14)12-5-4-10-2/h7,10H,4-6H2,1-3H3,(H,11,13)(H,12,14). The normalized spacial score (nSPS) is 11.9. The molecular formula is C9H19N3O2. The summed E-state index contributed by atoms with van der Waals surface area (Å²) in [5.74, 6) is -0.461. The Balaban J connectivity index is 3.70. The maximum Gasteiger partial charge on any atom is 0.223 e. The molecule has 0 aliphatic carbocycles. The highest BCUT2D eigenvalue weighted by atomic mass is 16.2. The zero-order valence-electron chi connectivity index (χ0n) is 9.02. The largest absolute Gasteiger partial charge is 0.359 e. The molecule has 0 aromatic rings. The van der Waals surface area contributed by atoms with E-state index >= 15 is 0 Å². The molecule has 1 unspecified atom stereocenters. The van der Waals surface area contributed by atoms with Crippen LogP contribution >= 0.6 is 0 Å². The first-order chi connectivity index (χ1) is 6.61. The monoisotopic (exact) mass is 201 g/mol. The lowest BCUT2D eigenvalue weighted by molar-refractivity contribution is -0.129. The molecule has 0 saturated carbocycles.